The molecule has 0 spiro atoms. The number of anilines is 1. The van der Waals surface area contributed by atoms with Gasteiger partial charge in [-0.3, -0.25) is 4.79 Å². The number of rotatable bonds is 5. The number of aromatic nitrogens is 2. The van der Waals surface area contributed by atoms with Crippen LogP contribution in [0, 0.1) is 6.92 Å². The van der Waals surface area contributed by atoms with Crippen LogP contribution in [0.3, 0.4) is 0 Å². The lowest BCUT2D eigenvalue weighted by molar-refractivity contribution is -0.141. The Morgan fingerprint density at radius 1 is 1.06 bits per heavy atom. The maximum absolute atomic E-state index is 13.0. The first kappa shape index (κ1) is 24.6. The van der Waals surface area contributed by atoms with Crippen molar-refractivity contribution in [3.8, 4) is 0 Å². The normalized spacial score (nSPS) is 15.1. The van der Waals surface area contributed by atoms with Crippen molar-refractivity contribution in [3.05, 3.63) is 83.2 Å². The van der Waals surface area contributed by atoms with Crippen molar-refractivity contribution in [1.29, 1.82) is 0 Å². The average molecular weight is 505 g/mol. The molecule has 7 nitrogen and oxygen atoms in total. The number of aryl methyl sites for hydroxylation is 1. The van der Waals surface area contributed by atoms with E-state index < -0.39 is 27.8 Å². The fourth-order valence-corrected chi connectivity index (χ4v) is 4.98. The molecular weight excluding hydrogens is 481 g/mol. The largest absolute Gasteiger partial charge is 0.433 e. The minimum absolute atomic E-state index is 0.00000107. The van der Waals surface area contributed by atoms with Crippen LogP contribution in [0.5, 0.6) is 0 Å². The molecule has 1 N–H and O–H groups in total. The third-order valence-electron chi connectivity index (χ3n) is 5.89. The molecule has 0 radical (unpaired) electrons. The Bertz CT molecular complexity index is 1320. The second-order valence-electron chi connectivity index (χ2n) is 8.37. The highest BCUT2D eigenvalue weighted by molar-refractivity contribution is 7.90. The summed E-state index contributed by atoms with van der Waals surface area (Å²) in [5.74, 6) is -0.696. The molecule has 2 aromatic carbocycles. The topological polar surface area (TPSA) is 92.3 Å². The van der Waals surface area contributed by atoms with Gasteiger partial charge in [-0.25, -0.2) is 23.1 Å². The third kappa shape index (κ3) is 5.79. The molecule has 1 aliphatic rings. The van der Waals surface area contributed by atoms with E-state index in [0.717, 1.165) is 23.4 Å². The van der Waals surface area contributed by atoms with E-state index in [-0.39, 0.29) is 22.3 Å². The van der Waals surface area contributed by atoms with Gasteiger partial charge < -0.3 is 4.90 Å². The van der Waals surface area contributed by atoms with E-state index >= 15 is 0 Å². The number of nitrogens with zero attached hydrogens (tertiary/aromatic N) is 3. The van der Waals surface area contributed by atoms with Crippen molar-refractivity contribution in [1.82, 2.24) is 14.7 Å². The van der Waals surface area contributed by atoms with Crippen molar-refractivity contribution in [3.63, 3.8) is 0 Å². The van der Waals surface area contributed by atoms with Crippen LogP contribution < -0.4 is 9.62 Å². The molecule has 1 amide bonds. The van der Waals surface area contributed by atoms with Crippen LogP contribution in [0.4, 0.5) is 19.1 Å². The zero-order valence-electron chi connectivity index (χ0n) is 18.8. The summed E-state index contributed by atoms with van der Waals surface area (Å²) >= 11 is 0. The Hall–Kier alpha value is -3.47. The summed E-state index contributed by atoms with van der Waals surface area (Å²) in [5, 5.41) is 0. The summed E-state index contributed by atoms with van der Waals surface area (Å²) in [6, 6.07) is 13.8. The number of alkyl halides is 3. The molecule has 1 aromatic heterocycles. The minimum atomic E-state index is -4.54. The smallest absolute Gasteiger partial charge is 0.341 e. The molecule has 3 aromatic rings. The van der Waals surface area contributed by atoms with Gasteiger partial charge in [-0.15, -0.1) is 0 Å². The van der Waals surface area contributed by atoms with Crippen molar-refractivity contribution in [2.24, 2.45) is 0 Å². The van der Waals surface area contributed by atoms with Gasteiger partial charge in [0.15, 0.2) is 0 Å². The summed E-state index contributed by atoms with van der Waals surface area (Å²) in [5.41, 5.74) is 0.970. The maximum atomic E-state index is 13.0. The quantitative estimate of drug-likeness (QED) is 0.557. The van der Waals surface area contributed by atoms with E-state index in [1.165, 1.54) is 12.1 Å². The molecule has 1 aliphatic heterocycles. The van der Waals surface area contributed by atoms with Crippen LogP contribution >= 0.6 is 0 Å². The highest BCUT2D eigenvalue weighted by Gasteiger charge is 2.33. The van der Waals surface area contributed by atoms with E-state index in [2.05, 4.69) is 14.7 Å². The van der Waals surface area contributed by atoms with E-state index in [0.29, 0.717) is 25.9 Å². The van der Waals surface area contributed by atoms with Crippen LogP contribution in [-0.4, -0.2) is 37.4 Å². The average Bonchev–Trinajstić information content (AvgIpc) is 2.84. The van der Waals surface area contributed by atoms with Crippen molar-refractivity contribution in [2.75, 3.05) is 18.0 Å². The zero-order chi connectivity index (χ0) is 25.2. The number of carbonyl (C=O) groups is 1. The van der Waals surface area contributed by atoms with E-state index in [1.807, 2.05) is 13.0 Å². The first-order valence-corrected chi connectivity index (χ1v) is 12.4. The lowest BCUT2D eigenvalue weighted by atomic mass is 9.89. The summed E-state index contributed by atoms with van der Waals surface area (Å²) < 4.78 is 66.6. The van der Waals surface area contributed by atoms with E-state index in [9.17, 15) is 26.4 Å². The Labute approximate surface area is 201 Å². The number of sulfonamides is 1. The Kier molecular flexibility index (Phi) is 6.79. The molecule has 0 saturated carbocycles. The molecule has 2 heterocycles. The number of hydrogen-bond donors (Lipinski definition) is 1. The van der Waals surface area contributed by atoms with Gasteiger partial charge in [0, 0.05) is 24.8 Å². The fourth-order valence-electron chi connectivity index (χ4n) is 3.95. The van der Waals surface area contributed by atoms with Crippen LogP contribution in [0.1, 0.15) is 45.9 Å². The first-order chi connectivity index (χ1) is 16.5. The van der Waals surface area contributed by atoms with Crippen LogP contribution in [-0.2, 0) is 16.2 Å². The number of piperidine rings is 1. The lowest BCUT2D eigenvalue weighted by Gasteiger charge is -2.32. The van der Waals surface area contributed by atoms with Gasteiger partial charge in [0.2, 0.25) is 5.95 Å². The molecule has 1 saturated heterocycles. The number of amides is 1. The predicted octanol–water partition coefficient (Wildman–Crippen LogP) is 4.31. The van der Waals surface area contributed by atoms with Gasteiger partial charge in [0.25, 0.3) is 15.9 Å². The highest BCUT2D eigenvalue weighted by atomic mass is 32.2. The van der Waals surface area contributed by atoms with Gasteiger partial charge in [0.05, 0.1) is 4.90 Å². The van der Waals surface area contributed by atoms with Crippen LogP contribution in [0.15, 0.2) is 65.7 Å². The standard InChI is InChI=1S/C24H23F3N4O3S/c1-16-5-7-18(8-6-16)22(32)30-35(33,34)20-4-2-3-19(15-20)17-10-13-31(14-11-17)23-28-12-9-21(29-23)24(25,26)27/h2-9,12,15,17H,10-11,13-14H2,1H3,(H,30,32). The molecule has 0 atom stereocenters. The van der Waals surface area contributed by atoms with E-state index in [4.69, 9.17) is 0 Å². The van der Waals surface area contributed by atoms with Gasteiger partial charge >= 0.3 is 6.18 Å². The Balaban J connectivity index is 1.44. The van der Waals surface area contributed by atoms with Crippen LogP contribution in [0.25, 0.3) is 0 Å². The van der Waals surface area contributed by atoms with Gasteiger partial charge in [0.1, 0.15) is 5.69 Å². The van der Waals surface area contributed by atoms with Crippen LogP contribution in [0.2, 0.25) is 0 Å². The van der Waals surface area contributed by atoms with Gasteiger partial charge in [-0.1, -0.05) is 29.8 Å². The summed E-state index contributed by atoms with van der Waals surface area (Å²) in [6.07, 6.45) is -2.29. The second-order valence-corrected chi connectivity index (χ2v) is 10.1. The van der Waals surface area contributed by atoms with Crippen molar-refractivity contribution < 1.29 is 26.4 Å². The number of carbonyl (C=O) groups excluding carboxylic acids is 1. The van der Waals surface area contributed by atoms with E-state index in [1.54, 1.807) is 35.2 Å². The number of halogens is 3. The molecule has 0 aliphatic carbocycles. The number of benzene rings is 2. The molecule has 35 heavy (non-hydrogen) atoms. The third-order valence-corrected chi connectivity index (χ3v) is 7.22. The highest BCUT2D eigenvalue weighted by Crippen LogP contribution is 2.32. The minimum Gasteiger partial charge on any atom is -0.341 e. The predicted molar refractivity (Wildman–Crippen MR) is 123 cm³/mol. The summed E-state index contributed by atoms with van der Waals surface area (Å²) in [4.78, 5) is 21.7. The Morgan fingerprint density at radius 3 is 2.40 bits per heavy atom. The van der Waals surface area contributed by atoms with Gasteiger partial charge in [-0.05, 0) is 61.6 Å². The monoisotopic (exact) mass is 504 g/mol. The zero-order valence-corrected chi connectivity index (χ0v) is 19.6. The summed E-state index contributed by atoms with van der Waals surface area (Å²) in [6.45, 7) is 2.71. The molecule has 1 fully saturated rings. The first-order valence-electron chi connectivity index (χ1n) is 10.9. The molecule has 4 rings (SSSR count). The van der Waals surface area contributed by atoms with Gasteiger partial charge in [-0.2, -0.15) is 13.2 Å². The molecule has 11 heteroatoms. The fraction of sp³-hybridized carbons (Fsp3) is 0.292. The van der Waals surface area contributed by atoms with Crippen molar-refractivity contribution >= 4 is 21.9 Å². The SMILES string of the molecule is Cc1ccc(C(=O)NS(=O)(=O)c2cccc(C3CCN(c4nccc(C(F)(F)F)n4)CC3)c2)cc1. The lowest BCUT2D eigenvalue weighted by Crippen LogP contribution is -2.34. The molecule has 0 bridgehead atoms. The molecule has 184 valence electrons. The maximum Gasteiger partial charge on any atom is 0.433 e. The Morgan fingerprint density at radius 2 is 1.74 bits per heavy atom. The molecule has 0 unspecified atom stereocenters. The number of hydrogen-bond acceptors (Lipinski definition) is 6. The second kappa shape index (κ2) is 9.65. The van der Waals surface area contributed by atoms with Crippen molar-refractivity contribution in [2.45, 2.75) is 36.8 Å². The molecular formula is C24H23F3N4O3S. The summed E-state index contributed by atoms with van der Waals surface area (Å²) in [7, 11) is -4.09. The number of nitrogens with one attached hydrogen (secondary N) is 1.